The van der Waals surface area contributed by atoms with Crippen LogP contribution in [0.15, 0.2) is 24.5 Å². The number of hydrogen-bond donors (Lipinski definition) is 1. The van der Waals surface area contributed by atoms with E-state index in [1.165, 1.54) is 42.2 Å². The summed E-state index contributed by atoms with van der Waals surface area (Å²) in [6, 6.07) is 4.65. The Bertz CT molecular complexity index is 561. The predicted octanol–water partition coefficient (Wildman–Crippen LogP) is 3.56. The quantitative estimate of drug-likeness (QED) is 0.934. The van der Waals surface area contributed by atoms with Crippen LogP contribution in [-0.4, -0.2) is 21.9 Å². The van der Waals surface area contributed by atoms with Crippen LogP contribution in [0.2, 0.25) is 0 Å². The van der Waals surface area contributed by atoms with Crippen molar-refractivity contribution in [3.8, 4) is 11.1 Å². The molecule has 2 aromatic heterocycles. The largest absolute Gasteiger partial charge is 0.382 e. The summed E-state index contributed by atoms with van der Waals surface area (Å²) in [7, 11) is 0. The zero-order valence-electron chi connectivity index (χ0n) is 11.7. The highest BCUT2D eigenvalue weighted by Gasteiger charge is 2.26. The first kappa shape index (κ1) is 13.4. The van der Waals surface area contributed by atoms with Crippen LogP contribution in [0, 0.1) is 0 Å². The third kappa shape index (κ3) is 2.38. The molecule has 20 heavy (non-hydrogen) atoms. The maximum absolute atomic E-state index is 6.12. The number of pyridine rings is 1. The fourth-order valence-corrected chi connectivity index (χ4v) is 4.04. The van der Waals surface area contributed by atoms with Gasteiger partial charge in [-0.2, -0.15) is 4.37 Å². The van der Waals surface area contributed by atoms with Gasteiger partial charge in [-0.1, -0.05) is 12.8 Å². The number of nitrogens with zero attached hydrogens (tertiary/aromatic N) is 3. The Hall–Kier alpha value is -1.62. The summed E-state index contributed by atoms with van der Waals surface area (Å²) in [4.78, 5) is 6.57. The summed E-state index contributed by atoms with van der Waals surface area (Å²) >= 11 is 1.52. The Kier molecular flexibility index (Phi) is 3.87. The van der Waals surface area contributed by atoms with Crippen LogP contribution >= 0.6 is 11.5 Å². The van der Waals surface area contributed by atoms with Crippen molar-refractivity contribution in [1.29, 1.82) is 0 Å². The zero-order chi connectivity index (χ0) is 13.9. The van der Waals surface area contributed by atoms with Gasteiger partial charge in [0.25, 0.3) is 0 Å². The summed E-state index contributed by atoms with van der Waals surface area (Å²) in [6.07, 6.45) is 8.84. The van der Waals surface area contributed by atoms with E-state index in [0.717, 1.165) is 17.7 Å². The third-order valence-corrected chi connectivity index (χ3v) is 4.94. The van der Waals surface area contributed by atoms with E-state index in [0.29, 0.717) is 11.9 Å². The predicted molar refractivity (Wildman–Crippen MR) is 85.0 cm³/mol. The molecular weight excluding hydrogens is 268 g/mol. The second-order valence-corrected chi connectivity index (χ2v) is 5.96. The molecule has 0 unspecified atom stereocenters. The molecule has 4 nitrogen and oxygen atoms in total. The summed E-state index contributed by atoms with van der Waals surface area (Å²) in [5.41, 5.74) is 8.30. The molecule has 2 heterocycles. The van der Waals surface area contributed by atoms with Crippen LogP contribution in [-0.2, 0) is 0 Å². The van der Waals surface area contributed by atoms with Crippen LogP contribution in [0.3, 0.4) is 0 Å². The first-order valence-corrected chi connectivity index (χ1v) is 8.00. The van der Waals surface area contributed by atoms with Gasteiger partial charge in [-0.15, -0.1) is 0 Å². The molecule has 0 aromatic carbocycles. The van der Waals surface area contributed by atoms with Crippen LogP contribution in [0.1, 0.15) is 32.6 Å². The first-order chi connectivity index (χ1) is 9.81. The Balaban J connectivity index is 2.01. The van der Waals surface area contributed by atoms with Gasteiger partial charge in [0.1, 0.15) is 10.8 Å². The lowest BCUT2D eigenvalue weighted by Crippen LogP contribution is -2.32. The first-order valence-electron chi connectivity index (χ1n) is 7.23. The second-order valence-electron chi connectivity index (χ2n) is 5.21. The van der Waals surface area contributed by atoms with Crippen LogP contribution < -0.4 is 10.6 Å². The SMILES string of the molecule is CCN(c1snc(N)c1-c1ccncc1)C1CCCC1. The molecule has 1 fully saturated rings. The van der Waals surface area contributed by atoms with Crippen LogP contribution in [0.4, 0.5) is 10.8 Å². The fourth-order valence-electron chi connectivity index (χ4n) is 3.06. The van der Waals surface area contributed by atoms with E-state index in [1.54, 1.807) is 0 Å². The van der Waals surface area contributed by atoms with Crippen molar-refractivity contribution < 1.29 is 0 Å². The number of aromatic nitrogens is 2. The minimum absolute atomic E-state index is 0.632. The molecule has 3 rings (SSSR count). The van der Waals surface area contributed by atoms with E-state index < -0.39 is 0 Å². The summed E-state index contributed by atoms with van der Waals surface area (Å²) in [6.45, 7) is 3.22. The lowest BCUT2D eigenvalue weighted by atomic mass is 10.1. The smallest absolute Gasteiger partial charge is 0.147 e. The van der Waals surface area contributed by atoms with E-state index in [1.807, 2.05) is 24.5 Å². The summed E-state index contributed by atoms with van der Waals surface area (Å²) in [5.74, 6) is 0.632. The molecule has 5 heteroatoms. The normalized spacial score (nSPS) is 15.7. The Morgan fingerprint density at radius 2 is 2.00 bits per heavy atom. The molecule has 0 bridgehead atoms. The molecule has 0 saturated heterocycles. The monoisotopic (exact) mass is 288 g/mol. The molecular formula is C15H20N4S. The summed E-state index contributed by atoms with van der Waals surface area (Å²) < 4.78 is 4.39. The third-order valence-electron chi connectivity index (χ3n) is 4.04. The Morgan fingerprint density at radius 1 is 1.30 bits per heavy atom. The minimum Gasteiger partial charge on any atom is -0.382 e. The average Bonchev–Trinajstić information content (AvgIpc) is 3.12. The molecule has 2 N–H and O–H groups in total. The van der Waals surface area contributed by atoms with Gasteiger partial charge in [-0.05, 0) is 49.0 Å². The standard InChI is InChI=1S/C15H20N4S/c1-2-19(12-5-3-4-6-12)15-13(14(16)18-20-15)11-7-9-17-10-8-11/h7-10,12H,2-6H2,1H3,(H2,16,18). The maximum atomic E-state index is 6.12. The Labute approximate surface area is 123 Å². The molecule has 106 valence electrons. The molecule has 0 amide bonds. The average molecular weight is 288 g/mol. The van der Waals surface area contributed by atoms with E-state index in [4.69, 9.17) is 5.73 Å². The molecule has 0 radical (unpaired) electrons. The lowest BCUT2D eigenvalue weighted by Gasteiger charge is -2.29. The molecule has 1 saturated carbocycles. The van der Waals surface area contributed by atoms with Gasteiger partial charge < -0.3 is 10.6 Å². The number of rotatable bonds is 4. The van der Waals surface area contributed by atoms with Crippen molar-refractivity contribution in [1.82, 2.24) is 9.36 Å². The lowest BCUT2D eigenvalue weighted by molar-refractivity contribution is 0.624. The number of nitrogens with two attached hydrogens (primary N) is 1. The van der Waals surface area contributed by atoms with Gasteiger partial charge in [0.05, 0.1) is 5.56 Å². The van der Waals surface area contributed by atoms with E-state index >= 15 is 0 Å². The van der Waals surface area contributed by atoms with Gasteiger partial charge in [-0.3, -0.25) is 4.98 Å². The fraction of sp³-hybridized carbons (Fsp3) is 0.467. The number of nitrogen functional groups attached to an aromatic ring is 1. The van der Waals surface area contributed by atoms with Crippen molar-refractivity contribution in [2.24, 2.45) is 0 Å². The van der Waals surface area contributed by atoms with Gasteiger partial charge in [0.2, 0.25) is 0 Å². The van der Waals surface area contributed by atoms with Crippen molar-refractivity contribution in [2.45, 2.75) is 38.6 Å². The van der Waals surface area contributed by atoms with Gasteiger partial charge in [0.15, 0.2) is 0 Å². The summed E-state index contributed by atoms with van der Waals surface area (Å²) in [5, 5.41) is 1.21. The van der Waals surface area contributed by atoms with Crippen LogP contribution in [0.5, 0.6) is 0 Å². The van der Waals surface area contributed by atoms with Crippen LogP contribution in [0.25, 0.3) is 11.1 Å². The van der Waals surface area contributed by atoms with E-state index in [-0.39, 0.29) is 0 Å². The highest BCUT2D eigenvalue weighted by Crippen LogP contribution is 2.41. The maximum Gasteiger partial charge on any atom is 0.147 e. The molecule has 0 aliphatic heterocycles. The van der Waals surface area contributed by atoms with Gasteiger partial charge in [0, 0.05) is 25.0 Å². The zero-order valence-corrected chi connectivity index (χ0v) is 12.6. The topological polar surface area (TPSA) is 55.0 Å². The molecule has 0 atom stereocenters. The Morgan fingerprint density at radius 3 is 2.65 bits per heavy atom. The van der Waals surface area contributed by atoms with Gasteiger partial charge in [-0.25, -0.2) is 0 Å². The number of anilines is 2. The highest BCUT2D eigenvalue weighted by atomic mass is 32.1. The molecule has 0 spiro atoms. The highest BCUT2D eigenvalue weighted by molar-refractivity contribution is 7.11. The van der Waals surface area contributed by atoms with Crippen molar-refractivity contribution in [2.75, 3.05) is 17.2 Å². The van der Waals surface area contributed by atoms with Crippen molar-refractivity contribution in [3.63, 3.8) is 0 Å². The second kappa shape index (κ2) is 5.79. The molecule has 1 aliphatic carbocycles. The van der Waals surface area contributed by atoms with Crippen molar-refractivity contribution >= 4 is 22.4 Å². The van der Waals surface area contributed by atoms with E-state index in [9.17, 15) is 0 Å². The van der Waals surface area contributed by atoms with E-state index in [2.05, 4.69) is 21.2 Å². The van der Waals surface area contributed by atoms with Crippen molar-refractivity contribution in [3.05, 3.63) is 24.5 Å². The van der Waals surface area contributed by atoms with Gasteiger partial charge >= 0.3 is 0 Å². The molecule has 1 aliphatic rings. The molecule has 2 aromatic rings. The minimum atomic E-state index is 0.632. The number of hydrogen-bond acceptors (Lipinski definition) is 5.